The molecule has 0 bridgehead atoms. The van der Waals surface area contributed by atoms with Gasteiger partial charge in [0.15, 0.2) is 0 Å². The van der Waals surface area contributed by atoms with Gasteiger partial charge in [0.1, 0.15) is 5.82 Å². The monoisotopic (exact) mass is 570 g/mol. The van der Waals surface area contributed by atoms with E-state index in [4.69, 9.17) is 11.6 Å². The van der Waals surface area contributed by atoms with E-state index < -0.39 is 28.2 Å². The van der Waals surface area contributed by atoms with Gasteiger partial charge in [-0.25, -0.2) is 9.78 Å². The molecule has 3 amide bonds. The highest BCUT2D eigenvalue weighted by Gasteiger charge is 2.44. The molecule has 1 aliphatic rings. The number of benzene rings is 1. The minimum atomic E-state index is -4.60. The summed E-state index contributed by atoms with van der Waals surface area (Å²) in [5.41, 5.74) is -1.01. The molecule has 4 N–H and O–H groups in total. The van der Waals surface area contributed by atoms with Crippen molar-refractivity contribution in [3.05, 3.63) is 40.5 Å². The molecule has 1 atom stereocenters. The molecule has 1 saturated heterocycles. The van der Waals surface area contributed by atoms with E-state index in [-0.39, 0.29) is 17.5 Å². The zero-order valence-electron chi connectivity index (χ0n) is 22.4. The van der Waals surface area contributed by atoms with Crippen LogP contribution in [0.25, 0.3) is 0 Å². The molecule has 2 heterocycles. The number of rotatable bonds is 10. The van der Waals surface area contributed by atoms with Crippen molar-refractivity contribution in [2.45, 2.75) is 26.4 Å². The second-order valence-corrected chi connectivity index (χ2v) is 10.2. The van der Waals surface area contributed by atoms with Crippen molar-refractivity contribution < 1.29 is 22.8 Å². The molecule has 1 aromatic heterocycles. The number of anilines is 3. The Morgan fingerprint density at radius 2 is 1.92 bits per heavy atom. The van der Waals surface area contributed by atoms with Gasteiger partial charge in [-0.05, 0) is 58.7 Å². The number of carbonyl (C=O) groups is 2. The highest BCUT2D eigenvalue weighted by Crippen LogP contribution is 2.36. The van der Waals surface area contributed by atoms with Crippen LogP contribution in [0.3, 0.4) is 0 Å². The molecular weight excluding hydrogens is 537 g/mol. The quantitative estimate of drug-likeness (QED) is 0.342. The Kier molecular flexibility index (Phi) is 9.97. The van der Waals surface area contributed by atoms with Gasteiger partial charge < -0.3 is 25.8 Å². The molecule has 14 heteroatoms. The normalized spacial score (nSPS) is 17.8. The van der Waals surface area contributed by atoms with Crippen molar-refractivity contribution in [1.29, 1.82) is 0 Å². The zero-order valence-corrected chi connectivity index (χ0v) is 23.1. The fraction of sp³-hybridized carbons (Fsp3) is 0.520. The van der Waals surface area contributed by atoms with Gasteiger partial charge in [-0.3, -0.25) is 10.1 Å². The molecular formula is C25H34ClF3N8O2. The van der Waals surface area contributed by atoms with E-state index in [9.17, 15) is 22.8 Å². The first-order valence-electron chi connectivity index (χ1n) is 12.5. The Morgan fingerprint density at radius 1 is 1.18 bits per heavy atom. The van der Waals surface area contributed by atoms with Gasteiger partial charge >= 0.3 is 12.2 Å². The van der Waals surface area contributed by atoms with Crippen molar-refractivity contribution in [1.82, 2.24) is 25.1 Å². The standard InChI is InChI=1S/C25H34ClF3N8O2/c1-5-37-10-8-24(15-37,21(38)30-9-11-36(3)4)14-31-20-12-16(2)32-22(34-20)35-23(39)33-17-6-7-18(19(26)13-17)25(27,28)29/h6-7,12-13H,5,8-11,14-15H2,1-4H3,(H,30,38)(H3,31,32,33,34,35,39). The van der Waals surface area contributed by atoms with E-state index in [1.54, 1.807) is 13.0 Å². The minimum Gasteiger partial charge on any atom is -0.369 e. The highest BCUT2D eigenvalue weighted by atomic mass is 35.5. The SMILES string of the molecule is CCN1CCC(CNc2cc(C)nc(NC(=O)Nc3ccc(C(F)(F)F)c(Cl)c3)n2)(C(=O)NCCN(C)C)C1. The average molecular weight is 571 g/mol. The number of aryl methyl sites for hydroxylation is 1. The van der Waals surface area contributed by atoms with E-state index in [1.165, 1.54) is 0 Å². The molecule has 0 radical (unpaired) electrons. The predicted octanol–water partition coefficient (Wildman–Crippen LogP) is 3.90. The summed E-state index contributed by atoms with van der Waals surface area (Å²) >= 11 is 5.72. The number of likely N-dealkylation sites (tertiary alicyclic amines) is 1. The summed E-state index contributed by atoms with van der Waals surface area (Å²) in [7, 11) is 3.89. The molecule has 39 heavy (non-hydrogen) atoms. The first kappa shape index (κ1) is 30.4. The molecule has 0 aliphatic carbocycles. The summed E-state index contributed by atoms with van der Waals surface area (Å²) in [6.45, 7) is 7.65. The van der Waals surface area contributed by atoms with Gasteiger partial charge in [0.25, 0.3) is 0 Å². The van der Waals surface area contributed by atoms with Crippen LogP contribution in [0.1, 0.15) is 24.6 Å². The lowest BCUT2D eigenvalue weighted by Gasteiger charge is -2.29. The number of nitrogens with one attached hydrogen (secondary N) is 4. The molecule has 214 valence electrons. The van der Waals surface area contributed by atoms with E-state index >= 15 is 0 Å². The number of hydrogen-bond donors (Lipinski definition) is 4. The lowest BCUT2D eigenvalue weighted by atomic mass is 9.85. The second kappa shape index (κ2) is 12.8. The van der Waals surface area contributed by atoms with Crippen LogP contribution in [0.5, 0.6) is 0 Å². The van der Waals surface area contributed by atoms with Gasteiger partial charge in [-0.15, -0.1) is 0 Å². The minimum absolute atomic E-state index is 0.0147. The summed E-state index contributed by atoms with van der Waals surface area (Å²) in [5.74, 6) is 0.386. The zero-order chi connectivity index (χ0) is 28.8. The Labute approximate surface area is 230 Å². The van der Waals surface area contributed by atoms with Gasteiger partial charge in [-0.1, -0.05) is 18.5 Å². The van der Waals surface area contributed by atoms with E-state index in [0.29, 0.717) is 37.6 Å². The lowest BCUT2D eigenvalue weighted by molar-refractivity contribution is -0.137. The number of aromatic nitrogens is 2. The molecule has 0 saturated carbocycles. The van der Waals surface area contributed by atoms with Crippen molar-refractivity contribution in [3.8, 4) is 0 Å². The highest BCUT2D eigenvalue weighted by molar-refractivity contribution is 6.31. The molecule has 1 unspecified atom stereocenters. The molecule has 10 nitrogen and oxygen atoms in total. The van der Waals surface area contributed by atoms with Crippen LogP contribution in [0, 0.1) is 12.3 Å². The smallest absolute Gasteiger partial charge is 0.369 e. The van der Waals surface area contributed by atoms with Crippen molar-refractivity contribution in [3.63, 3.8) is 0 Å². The Hall–Kier alpha value is -3.16. The number of amides is 3. The summed E-state index contributed by atoms with van der Waals surface area (Å²) < 4.78 is 38.8. The van der Waals surface area contributed by atoms with Crippen LogP contribution >= 0.6 is 11.6 Å². The largest absolute Gasteiger partial charge is 0.417 e. The predicted molar refractivity (Wildman–Crippen MR) is 145 cm³/mol. The Balaban J connectivity index is 1.67. The van der Waals surface area contributed by atoms with Crippen LogP contribution in [0.4, 0.5) is 35.4 Å². The Bertz CT molecular complexity index is 1180. The fourth-order valence-electron chi connectivity index (χ4n) is 4.28. The van der Waals surface area contributed by atoms with E-state index in [1.807, 2.05) is 19.0 Å². The summed E-state index contributed by atoms with van der Waals surface area (Å²) in [6.07, 6.45) is -3.91. The van der Waals surface area contributed by atoms with Crippen molar-refractivity contribution >= 4 is 41.0 Å². The summed E-state index contributed by atoms with van der Waals surface area (Å²) in [5, 5.41) is 10.7. The first-order chi connectivity index (χ1) is 18.3. The Morgan fingerprint density at radius 3 is 2.54 bits per heavy atom. The maximum Gasteiger partial charge on any atom is 0.417 e. The number of urea groups is 1. The average Bonchev–Trinajstić information content (AvgIpc) is 3.26. The summed E-state index contributed by atoms with van der Waals surface area (Å²) in [4.78, 5) is 38.5. The number of alkyl halides is 3. The van der Waals surface area contributed by atoms with Crippen LogP contribution in [-0.2, 0) is 11.0 Å². The fourth-order valence-corrected chi connectivity index (χ4v) is 4.57. The maximum absolute atomic E-state index is 13.2. The third-order valence-electron chi connectivity index (χ3n) is 6.43. The van der Waals surface area contributed by atoms with Crippen molar-refractivity contribution in [2.24, 2.45) is 5.41 Å². The third kappa shape index (κ3) is 8.41. The number of likely N-dealkylation sites (N-methyl/N-ethyl adjacent to an activating group) is 1. The molecule has 1 aromatic carbocycles. The van der Waals surface area contributed by atoms with Crippen LogP contribution in [-0.4, -0.2) is 85.1 Å². The van der Waals surface area contributed by atoms with Gasteiger partial charge in [0.05, 0.1) is 16.0 Å². The van der Waals surface area contributed by atoms with Crippen LogP contribution in [0.2, 0.25) is 5.02 Å². The van der Waals surface area contributed by atoms with Gasteiger partial charge in [0.2, 0.25) is 11.9 Å². The maximum atomic E-state index is 13.2. The lowest BCUT2D eigenvalue weighted by Crippen LogP contribution is -2.48. The summed E-state index contributed by atoms with van der Waals surface area (Å²) in [6, 6.07) is 3.84. The number of carbonyl (C=O) groups excluding carboxylic acids is 2. The molecule has 3 rings (SSSR count). The molecule has 0 spiro atoms. The topological polar surface area (TPSA) is 115 Å². The van der Waals surface area contributed by atoms with Crippen LogP contribution in [0.15, 0.2) is 24.3 Å². The first-order valence-corrected chi connectivity index (χ1v) is 12.9. The number of halogens is 4. The van der Waals surface area contributed by atoms with Crippen LogP contribution < -0.4 is 21.3 Å². The van der Waals surface area contributed by atoms with E-state index in [0.717, 1.165) is 37.8 Å². The number of nitrogens with zero attached hydrogens (tertiary/aromatic N) is 4. The molecule has 2 aromatic rings. The van der Waals surface area contributed by atoms with Crippen molar-refractivity contribution in [2.75, 3.05) is 69.3 Å². The second-order valence-electron chi connectivity index (χ2n) is 9.80. The molecule has 1 aliphatic heterocycles. The molecule has 1 fully saturated rings. The van der Waals surface area contributed by atoms with Gasteiger partial charge in [0, 0.05) is 43.6 Å². The number of hydrogen-bond acceptors (Lipinski definition) is 7. The van der Waals surface area contributed by atoms with E-state index in [2.05, 4.69) is 43.1 Å². The third-order valence-corrected chi connectivity index (χ3v) is 6.74. The van der Waals surface area contributed by atoms with Gasteiger partial charge in [-0.2, -0.15) is 18.2 Å².